The third-order valence-electron chi connectivity index (χ3n) is 2.92. The minimum absolute atomic E-state index is 0.114. The zero-order chi connectivity index (χ0) is 15.6. The van der Waals surface area contributed by atoms with Crippen molar-refractivity contribution in [2.24, 2.45) is 0 Å². The van der Waals surface area contributed by atoms with Crippen LogP contribution in [-0.4, -0.2) is 11.1 Å². The van der Waals surface area contributed by atoms with Crippen molar-refractivity contribution in [3.05, 3.63) is 58.7 Å². The molecular weight excluding hydrogens is 296 g/mol. The smallest absolute Gasteiger partial charge is 0.335 e. The fourth-order valence-corrected chi connectivity index (χ4v) is 2.57. The number of aryl methyl sites for hydroxylation is 2. The van der Waals surface area contributed by atoms with Gasteiger partial charge in [0.1, 0.15) is 5.69 Å². The van der Waals surface area contributed by atoms with Crippen molar-refractivity contribution in [2.75, 3.05) is 4.72 Å². The average molecular weight is 309 g/mol. The van der Waals surface area contributed by atoms with Gasteiger partial charge < -0.3 is 9.83 Å². The van der Waals surface area contributed by atoms with Gasteiger partial charge in [0.2, 0.25) is 0 Å². The highest BCUT2D eigenvalue weighted by Gasteiger charge is 2.15. The van der Waals surface area contributed by atoms with Crippen LogP contribution in [0.25, 0.3) is 0 Å². The summed E-state index contributed by atoms with van der Waals surface area (Å²) in [5.41, 5.74) is 0.578. The summed E-state index contributed by atoms with van der Waals surface area (Å²) in [5.74, 6) is -2.36. The molecule has 2 aromatic carbocycles. The second-order valence-electron chi connectivity index (χ2n) is 4.55. The molecule has 0 heterocycles. The normalized spacial score (nSPS) is 10.5. The number of carboxylic acid groups (broad SMARTS) is 1. The van der Waals surface area contributed by atoms with Gasteiger partial charge in [-0.15, -0.1) is 0 Å². The third-order valence-corrected chi connectivity index (χ3v) is 3.71. The molecule has 2 aromatic rings. The van der Waals surface area contributed by atoms with Gasteiger partial charge in [-0.2, -0.15) is 0 Å². The Kier molecular flexibility index (Phi) is 4.47. The van der Waals surface area contributed by atoms with Gasteiger partial charge >= 0.3 is 5.97 Å². The minimum atomic E-state index is -1.05. The largest absolute Gasteiger partial charge is 0.478 e. The fourth-order valence-electron chi connectivity index (χ4n) is 1.83. The quantitative estimate of drug-likeness (QED) is 0.822. The van der Waals surface area contributed by atoms with Crippen molar-refractivity contribution >= 4 is 23.6 Å². The SMILES string of the molecule is Cc1cc(C)c(F)c(NSc2cccc(C(=O)O)c2)c1F. The number of hydrogen-bond acceptors (Lipinski definition) is 3. The van der Waals surface area contributed by atoms with E-state index in [1.54, 1.807) is 26.0 Å². The number of carboxylic acids is 1. The van der Waals surface area contributed by atoms with Crippen molar-refractivity contribution in [3.8, 4) is 0 Å². The van der Waals surface area contributed by atoms with E-state index in [4.69, 9.17) is 5.11 Å². The van der Waals surface area contributed by atoms with Gasteiger partial charge in [0.05, 0.1) is 5.56 Å². The molecule has 3 nitrogen and oxygen atoms in total. The van der Waals surface area contributed by atoms with Gasteiger partial charge in [0.25, 0.3) is 0 Å². The van der Waals surface area contributed by atoms with E-state index in [-0.39, 0.29) is 11.3 Å². The summed E-state index contributed by atoms with van der Waals surface area (Å²) >= 11 is 0.957. The monoisotopic (exact) mass is 309 g/mol. The summed E-state index contributed by atoms with van der Waals surface area (Å²) < 4.78 is 30.5. The number of nitrogens with one attached hydrogen (secondary N) is 1. The second-order valence-corrected chi connectivity index (χ2v) is 5.43. The third kappa shape index (κ3) is 3.33. The number of rotatable bonds is 4. The number of aromatic carboxylic acids is 1. The Morgan fingerprint density at radius 1 is 1.14 bits per heavy atom. The lowest BCUT2D eigenvalue weighted by Gasteiger charge is -2.11. The van der Waals surface area contributed by atoms with Crippen LogP contribution < -0.4 is 4.72 Å². The van der Waals surface area contributed by atoms with Crippen LogP contribution in [0.15, 0.2) is 35.2 Å². The van der Waals surface area contributed by atoms with E-state index in [2.05, 4.69) is 4.72 Å². The molecule has 6 heteroatoms. The molecule has 0 unspecified atom stereocenters. The maximum absolute atomic E-state index is 13.9. The zero-order valence-electron chi connectivity index (χ0n) is 11.4. The van der Waals surface area contributed by atoms with Crippen LogP contribution in [0.1, 0.15) is 21.5 Å². The number of benzene rings is 2. The molecular formula is C15H13F2NO2S. The molecule has 0 fully saturated rings. The van der Waals surface area contributed by atoms with Gasteiger partial charge in [-0.3, -0.25) is 0 Å². The Morgan fingerprint density at radius 2 is 1.76 bits per heavy atom. The molecule has 0 spiro atoms. The molecule has 0 aliphatic heterocycles. The van der Waals surface area contributed by atoms with Crippen molar-refractivity contribution < 1.29 is 18.7 Å². The van der Waals surface area contributed by atoms with Crippen molar-refractivity contribution in [3.63, 3.8) is 0 Å². The van der Waals surface area contributed by atoms with Crippen molar-refractivity contribution in [1.29, 1.82) is 0 Å². The molecule has 21 heavy (non-hydrogen) atoms. The topological polar surface area (TPSA) is 49.3 Å². The molecule has 0 bridgehead atoms. The van der Waals surface area contributed by atoms with Gasteiger partial charge in [0, 0.05) is 4.90 Å². The Bertz CT molecular complexity index is 678. The molecule has 2 N–H and O–H groups in total. The van der Waals surface area contributed by atoms with E-state index in [0.717, 1.165) is 11.9 Å². The Hall–Kier alpha value is -2.08. The maximum atomic E-state index is 13.9. The standard InChI is InChI=1S/C15H13F2NO2S/c1-8-6-9(2)13(17)14(12(8)16)18-21-11-5-3-4-10(7-11)15(19)20/h3-7,18H,1-2H3,(H,19,20). The average Bonchev–Trinajstić information content (AvgIpc) is 2.45. The molecule has 110 valence electrons. The maximum Gasteiger partial charge on any atom is 0.335 e. The van der Waals surface area contributed by atoms with Crippen LogP contribution in [0.4, 0.5) is 14.5 Å². The molecule has 0 atom stereocenters. The first-order valence-electron chi connectivity index (χ1n) is 6.11. The summed E-state index contributed by atoms with van der Waals surface area (Å²) in [5, 5.41) is 8.91. The highest BCUT2D eigenvalue weighted by Crippen LogP contribution is 2.29. The van der Waals surface area contributed by atoms with Gasteiger partial charge in [-0.1, -0.05) is 12.1 Å². The second kappa shape index (κ2) is 6.13. The van der Waals surface area contributed by atoms with E-state index in [1.165, 1.54) is 18.2 Å². The zero-order valence-corrected chi connectivity index (χ0v) is 12.2. The summed E-state index contributed by atoms with van der Waals surface area (Å²) in [4.78, 5) is 11.4. The van der Waals surface area contributed by atoms with Crippen LogP contribution in [0, 0.1) is 25.5 Å². The Balaban J connectivity index is 2.25. The lowest BCUT2D eigenvalue weighted by atomic mass is 10.1. The first kappa shape index (κ1) is 15.3. The summed E-state index contributed by atoms with van der Waals surface area (Å²) in [6.07, 6.45) is 0. The van der Waals surface area contributed by atoms with Crippen LogP contribution >= 0.6 is 11.9 Å². The highest BCUT2D eigenvalue weighted by atomic mass is 32.2. The number of carbonyl (C=O) groups is 1. The highest BCUT2D eigenvalue weighted by molar-refractivity contribution is 8.00. The molecule has 0 radical (unpaired) electrons. The van der Waals surface area contributed by atoms with Gasteiger partial charge in [-0.05, 0) is 55.1 Å². The molecule has 2 rings (SSSR count). The van der Waals surface area contributed by atoms with Gasteiger partial charge in [-0.25, -0.2) is 13.6 Å². The van der Waals surface area contributed by atoms with Crippen LogP contribution in [0.3, 0.4) is 0 Å². The minimum Gasteiger partial charge on any atom is -0.478 e. The first-order chi connectivity index (χ1) is 9.90. The van der Waals surface area contributed by atoms with E-state index in [0.29, 0.717) is 16.0 Å². The lowest BCUT2D eigenvalue weighted by Crippen LogP contribution is -2.01. The summed E-state index contributed by atoms with van der Waals surface area (Å²) in [6.45, 7) is 3.12. The summed E-state index contributed by atoms with van der Waals surface area (Å²) in [6, 6.07) is 7.54. The number of halogens is 2. The van der Waals surface area contributed by atoms with E-state index >= 15 is 0 Å². The number of anilines is 1. The number of hydrogen-bond donors (Lipinski definition) is 2. The molecule has 0 aliphatic carbocycles. The first-order valence-corrected chi connectivity index (χ1v) is 6.93. The van der Waals surface area contributed by atoms with E-state index < -0.39 is 17.6 Å². The summed E-state index contributed by atoms with van der Waals surface area (Å²) in [7, 11) is 0. The van der Waals surface area contributed by atoms with E-state index in [1.807, 2.05) is 0 Å². The molecule has 0 amide bonds. The van der Waals surface area contributed by atoms with Crippen LogP contribution in [0.2, 0.25) is 0 Å². The van der Waals surface area contributed by atoms with Gasteiger partial charge in [0.15, 0.2) is 11.6 Å². The molecule has 0 aliphatic rings. The van der Waals surface area contributed by atoms with Crippen LogP contribution in [0.5, 0.6) is 0 Å². The van der Waals surface area contributed by atoms with Crippen LogP contribution in [-0.2, 0) is 0 Å². The Labute approximate surface area is 125 Å². The molecule has 0 saturated carbocycles. The molecule has 0 aromatic heterocycles. The Morgan fingerprint density at radius 3 is 2.33 bits per heavy atom. The van der Waals surface area contributed by atoms with Crippen molar-refractivity contribution in [1.82, 2.24) is 0 Å². The van der Waals surface area contributed by atoms with E-state index in [9.17, 15) is 13.6 Å². The van der Waals surface area contributed by atoms with Crippen molar-refractivity contribution in [2.45, 2.75) is 18.7 Å². The fraction of sp³-hybridized carbons (Fsp3) is 0.133. The predicted octanol–water partition coefficient (Wildman–Crippen LogP) is 4.40. The lowest BCUT2D eigenvalue weighted by molar-refractivity contribution is 0.0696. The predicted molar refractivity (Wildman–Crippen MR) is 78.7 cm³/mol. The molecule has 0 saturated heterocycles.